The highest BCUT2D eigenvalue weighted by molar-refractivity contribution is 5.98. The molecule has 0 radical (unpaired) electrons. The standard InChI is InChI=1S/C14H11N3O3/c1-17-7-9(4-5-11(18)19)12-13(10-3-2-6-20-10)15-8-16-14(12)17/h2-8H,1H3,(H,18,19)/b5-4+. The Morgan fingerprint density at radius 3 is 3.00 bits per heavy atom. The molecule has 0 bridgehead atoms. The summed E-state index contributed by atoms with van der Waals surface area (Å²) in [5.41, 5.74) is 2.10. The summed E-state index contributed by atoms with van der Waals surface area (Å²) < 4.78 is 7.20. The van der Waals surface area contributed by atoms with E-state index in [0.29, 0.717) is 11.5 Å². The zero-order valence-corrected chi connectivity index (χ0v) is 10.6. The Balaban J connectivity index is 2.29. The van der Waals surface area contributed by atoms with E-state index in [9.17, 15) is 4.79 Å². The number of hydrogen-bond acceptors (Lipinski definition) is 4. The molecule has 20 heavy (non-hydrogen) atoms. The number of aliphatic carboxylic acids is 1. The number of carboxylic acids is 1. The molecule has 0 fully saturated rings. The van der Waals surface area contributed by atoms with Crippen LogP contribution in [0.3, 0.4) is 0 Å². The van der Waals surface area contributed by atoms with Crippen molar-refractivity contribution in [3.05, 3.63) is 42.6 Å². The minimum Gasteiger partial charge on any atom is -0.478 e. The number of carbonyl (C=O) groups is 1. The van der Waals surface area contributed by atoms with Gasteiger partial charge in [0.2, 0.25) is 0 Å². The molecule has 0 aliphatic carbocycles. The van der Waals surface area contributed by atoms with Crippen LogP contribution in [-0.4, -0.2) is 25.6 Å². The van der Waals surface area contributed by atoms with E-state index in [4.69, 9.17) is 9.52 Å². The summed E-state index contributed by atoms with van der Waals surface area (Å²) in [6.07, 6.45) is 7.46. The fourth-order valence-electron chi connectivity index (χ4n) is 2.13. The Labute approximate surface area is 114 Å². The first-order valence-corrected chi connectivity index (χ1v) is 5.91. The molecule has 3 heterocycles. The maximum absolute atomic E-state index is 10.7. The summed E-state index contributed by atoms with van der Waals surface area (Å²) in [5, 5.41) is 9.53. The van der Waals surface area contributed by atoms with Crippen molar-refractivity contribution in [1.29, 1.82) is 0 Å². The number of aryl methyl sites for hydroxylation is 1. The Hall–Kier alpha value is -2.89. The van der Waals surface area contributed by atoms with E-state index in [1.165, 1.54) is 12.4 Å². The second-order valence-corrected chi connectivity index (χ2v) is 4.27. The number of hydrogen-bond donors (Lipinski definition) is 1. The number of nitrogens with zero attached hydrogens (tertiary/aromatic N) is 3. The summed E-state index contributed by atoms with van der Waals surface area (Å²) in [5.74, 6) is -0.382. The van der Waals surface area contributed by atoms with Gasteiger partial charge in [0, 0.05) is 24.9 Å². The predicted octanol–water partition coefficient (Wildman–Crippen LogP) is 2.33. The molecule has 0 saturated heterocycles. The second kappa shape index (κ2) is 4.65. The zero-order valence-electron chi connectivity index (χ0n) is 10.6. The van der Waals surface area contributed by atoms with E-state index < -0.39 is 5.97 Å². The van der Waals surface area contributed by atoms with E-state index in [1.54, 1.807) is 18.4 Å². The zero-order chi connectivity index (χ0) is 14.1. The van der Waals surface area contributed by atoms with Crippen LogP contribution in [0, 0.1) is 0 Å². The van der Waals surface area contributed by atoms with Gasteiger partial charge in [-0.2, -0.15) is 0 Å². The fraction of sp³-hybridized carbons (Fsp3) is 0.0714. The van der Waals surface area contributed by atoms with Crippen LogP contribution in [0.4, 0.5) is 0 Å². The minimum atomic E-state index is -1.00. The Morgan fingerprint density at radius 2 is 2.30 bits per heavy atom. The van der Waals surface area contributed by atoms with Gasteiger partial charge in [-0.15, -0.1) is 0 Å². The SMILES string of the molecule is Cn1cc(/C=C/C(=O)O)c2c(-c3ccco3)ncnc21. The summed E-state index contributed by atoms with van der Waals surface area (Å²) in [6, 6.07) is 3.58. The van der Waals surface area contributed by atoms with E-state index in [-0.39, 0.29) is 0 Å². The highest BCUT2D eigenvalue weighted by Crippen LogP contribution is 2.30. The van der Waals surface area contributed by atoms with Crippen molar-refractivity contribution in [2.45, 2.75) is 0 Å². The molecule has 3 aromatic heterocycles. The van der Waals surface area contributed by atoms with Crippen molar-refractivity contribution in [2.75, 3.05) is 0 Å². The topological polar surface area (TPSA) is 81.2 Å². The molecule has 0 aliphatic heterocycles. The van der Waals surface area contributed by atoms with Crippen molar-refractivity contribution in [3.63, 3.8) is 0 Å². The van der Waals surface area contributed by atoms with Crippen LogP contribution in [0.5, 0.6) is 0 Å². The van der Waals surface area contributed by atoms with Crippen LogP contribution in [0.2, 0.25) is 0 Å². The van der Waals surface area contributed by atoms with E-state index >= 15 is 0 Å². The molecule has 0 saturated carbocycles. The number of aromatic nitrogens is 3. The molecule has 1 N–H and O–H groups in total. The lowest BCUT2D eigenvalue weighted by atomic mass is 10.1. The molecule has 0 aliphatic rings. The van der Waals surface area contributed by atoms with Crippen molar-refractivity contribution >= 4 is 23.1 Å². The maximum atomic E-state index is 10.7. The van der Waals surface area contributed by atoms with Gasteiger partial charge >= 0.3 is 5.97 Å². The predicted molar refractivity (Wildman–Crippen MR) is 72.9 cm³/mol. The average Bonchev–Trinajstić information content (AvgIpc) is 3.05. The number of rotatable bonds is 3. The molecule has 0 unspecified atom stereocenters. The van der Waals surface area contributed by atoms with Gasteiger partial charge in [-0.3, -0.25) is 0 Å². The summed E-state index contributed by atoms with van der Waals surface area (Å²) >= 11 is 0. The van der Waals surface area contributed by atoms with Gasteiger partial charge in [0.25, 0.3) is 0 Å². The second-order valence-electron chi connectivity index (χ2n) is 4.27. The molecule has 3 rings (SSSR count). The van der Waals surface area contributed by atoms with Crippen molar-refractivity contribution < 1.29 is 14.3 Å². The average molecular weight is 269 g/mol. The quantitative estimate of drug-likeness (QED) is 0.738. The van der Waals surface area contributed by atoms with Crippen LogP contribution in [0.1, 0.15) is 5.56 Å². The normalized spacial score (nSPS) is 11.4. The van der Waals surface area contributed by atoms with E-state index in [0.717, 1.165) is 22.7 Å². The number of fused-ring (bicyclic) bond motifs is 1. The first-order chi connectivity index (χ1) is 9.66. The van der Waals surface area contributed by atoms with Gasteiger partial charge in [0.1, 0.15) is 17.7 Å². The smallest absolute Gasteiger partial charge is 0.328 e. The van der Waals surface area contributed by atoms with Gasteiger partial charge < -0.3 is 14.1 Å². The Bertz CT molecular complexity index is 801. The van der Waals surface area contributed by atoms with Crippen LogP contribution < -0.4 is 0 Å². The molecular formula is C14H11N3O3. The molecule has 6 nitrogen and oxygen atoms in total. The Morgan fingerprint density at radius 1 is 1.45 bits per heavy atom. The lowest BCUT2D eigenvalue weighted by molar-refractivity contribution is -0.131. The molecule has 0 amide bonds. The van der Waals surface area contributed by atoms with Gasteiger partial charge in [-0.05, 0) is 18.2 Å². The van der Waals surface area contributed by atoms with Gasteiger partial charge in [0.15, 0.2) is 5.76 Å². The minimum absolute atomic E-state index is 0.619. The summed E-state index contributed by atoms with van der Waals surface area (Å²) in [6.45, 7) is 0. The summed E-state index contributed by atoms with van der Waals surface area (Å²) in [7, 11) is 1.85. The van der Waals surface area contributed by atoms with Gasteiger partial charge in [-0.25, -0.2) is 14.8 Å². The third kappa shape index (κ3) is 1.97. The fourth-order valence-corrected chi connectivity index (χ4v) is 2.13. The first kappa shape index (κ1) is 12.2. The van der Waals surface area contributed by atoms with Crippen LogP contribution in [0.25, 0.3) is 28.6 Å². The van der Waals surface area contributed by atoms with Crippen molar-refractivity contribution in [3.8, 4) is 11.5 Å². The molecule has 0 atom stereocenters. The molecule has 0 aromatic carbocycles. The lowest BCUT2D eigenvalue weighted by Gasteiger charge is -2.00. The van der Waals surface area contributed by atoms with E-state index in [1.807, 2.05) is 17.8 Å². The monoisotopic (exact) mass is 269 g/mol. The van der Waals surface area contributed by atoms with Gasteiger partial charge in [-0.1, -0.05) is 0 Å². The Kier molecular flexibility index (Phi) is 2.83. The molecule has 3 aromatic rings. The molecular weight excluding hydrogens is 258 g/mol. The number of carboxylic acid groups (broad SMARTS) is 1. The molecule has 6 heteroatoms. The molecule has 100 valence electrons. The largest absolute Gasteiger partial charge is 0.478 e. The maximum Gasteiger partial charge on any atom is 0.328 e. The third-order valence-corrected chi connectivity index (χ3v) is 2.94. The number of furan rings is 1. The lowest BCUT2D eigenvalue weighted by Crippen LogP contribution is -1.91. The summed E-state index contributed by atoms with van der Waals surface area (Å²) in [4.78, 5) is 19.2. The first-order valence-electron chi connectivity index (χ1n) is 5.91. The van der Waals surface area contributed by atoms with Gasteiger partial charge in [0.05, 0.1) is 11.6 Å². The van der Waals surface area contributed by atoms with Crippen molar-refractivity contribution in [1.82, 2.24) is 14.5 Å². The molecule has 0 spiro atoms. The van der Waals surface area contributed by atoms with E-state index in [2.05, 4.69) is 9.97 Å². The third-order valence-electron chi connectivity index (χ3n) is 2.94. The van der Waals surface area contributed by atoms with Crippen LogP contribution >= 0.6 is 0 Å². The highest BCUT2D eigenvalue weighted by atomic mass is 16.4. The van der Waals surface area contributed by atoms with Crippen molar-refractivity contribution in [2.24, 2.45) is 7.05 Å². The van der Waals surface area contributed by atoms with Crippen LogP contribution in [-0.2, 0) is 11.8 Å². The van der Waals surface area contributed by atoms with Crippen LogP contribution in [0.15, 0.2) is 41.4 Å². The highest BCUT2D eigenvalue weighted by Gasteiger charge is 2.15.